The second-order valence-corrected chi connectivity index (χ2v) is 3.94. The lowest BCUT2D eigenvalue weighted by Gasteiger charge is -2.10. The van der Waals surface area contributed by atoms with Crippen molar-refractivity contribution in [2.45, 2.75) is 13.5 Å². The van der Waals surface area contributed by atoms with Crippen LogP contribution in [0.15, 0.2) is 29.1 Å². The Kier molecular flexibility index (Phi) is 3.94. The van der Waals surface area contributed by atoms with Crippen LogP contribution in [0, 0.1) is 6.92 Å². The van der Waals surface area contributed by atoms with Gasteiger partial charge in [0, 0.05) is 5.69 Å². The van der Waals surface area contributed by atoms with Crippen LogP contribution in [0.4, 0.5) is 10.5 Å². The fourth-order valence-corrected chi connectivity index (χ4v) is 1.60. The Hall–Kier alpha value is -2.90. The lowest BCUT2D eigenvalue weighted by molar-refractivity contribution is 0.0696. The van der Waals surface area contributed by atoms with Gasteiger partial charge in [0.2, 0.25) is 6.39 Å². The number of hydrogen-bond acceptors (Lipinski definition) is 5. The Balaban J connectivity index is 2.01. The van der Waals surface area contributed by atoms with Crippen molar-refractivity contribution in [3.63, 3.8) is 0 Å². The smallest absolute Gasteiger partial charge is 0.336 e. The van der Waals surface area contributed by atoms with E-state index < -0.39 is 12.0 Å². The van der Waals surface area contributed by atoms with E-state index in [-0.39, 0.29) is 12.1 Å². The number of benzene rings is 1. The van der Waals surface area contributed by atoms with Gasteiger partial charge < -0.3 is 20.3 Å². The minimum absolute atomic E-state index is 0.111. The monoisotopic (exact) mass is 276 g/mol. The average Bonchev–Trinajstić information content (AvgIpc) is 2.91. The summed E-state index contributed by atoms with van der Waals surface area (Å²) in [5.74, 6) is -0.700. The molecule has 2 aromatic rings. The highest BCUT2D eigenvalue weighted by molar-refractivity contribution is 5.95. The molecule has 8 nitrogen and oxygen atoms in total. The maximum Gasteiger partial charge on any atom is 0.336 e. The molecule has 1 aromatic heterocycles. The molecular formula is C12H12N4O4. The van der Waals surface area contributed by atoms with Gasteiger partial charge in [-0.1, -0.05) is 11.2 Å². The topological polar surface area (TPSA) is 117 Å². The van der Waals surface area contributed by atoms with E-state index in [1.54, 1.807) is 19.1 Å². The van der Waals surface area contributed by atoms with Crippen molar-refractivity contribution in [1.29, 1.82) is 0 Å². The van der Waals surface area contributed by atoms with E-state index in [1.165, 1.54) is 6.07 Å². The summed E-state index contributed by atoms with van der Waals surface area (Å²) in [5, 5.41) is 17.6. The molecule has 0 unspecified atom stereocenters. The molecule has 8 heteroatoms. The number of rotatable bonds is 4. The Bertz CT molecular complexity index is 624. The zero-order chi connectivity index (χ0) is 14.5. The van der Waals surface area contributed by atoms with Crippen molar-refractivity contribution in [3.8, 4) is 0 Å². The summed E-state index contributed by atoms with van der Waals surface area (Å²) < 4.78 is 4.53. The highest BCUT2D eigenvalue weighted by atomic mass is 16.5. The number of carboxylic acid groups (broad SMARTS) is 1. The quantitative estimate of drug-likeness (QED) is 0.776. The van der Waals surface area contributed by atoms with Gasteiger partial charge in [-0.2, -0.15) is 4.98 Å². The van der Waals surface area contributed by atoms with E-state index in [1.807, 2.05) is 0 Å². The van der Waals surface area contributed by atoms with Gasteiger partial charge in [0.1, 0.15) is 0 Å². The molecule has 2 amide bonds. The van der Waals surface area contributed by atoms with Crippen LogP contribution in [-0.4, -0.2) is 27.2 Å². The van der Waals surface area contributed by atoms with Crippen molar-refractivity contribution in [2.24, 2.45) is 0 Å². The summed E-state index contributed by atoms with van der Waals surface area (Å²) in [5.41, 5.74) is 1.05. The molecule has 3 N–H and O–H groups in total. The number of carbonyl (C=O) groups is 2. The molecule has 0 saturated carbocycles. The Morgan fingerprint density at radius 3 is 2.85 bits per heavy atom. The van der Waals surface area contributed by atoms with Gasteiger partial charge in [-0.3, -0.25) is 0 Å². The van der Waals surface area contributed by atoms with Gasteiger partial charge in [-0.15, -0.1) is 0 Å². The Morgan fingerprint density at radius 1 is 1.40 bits per heavy atom. The predicted octanol–water partition coefficient (Wildman–Crippen LogP) is 1.40. The van der Waals surface area contributed by atoms with E-state index >= 15 is 0 Å². The number of carboxylic acids is 1. The lowest BCUT2D eigenvalue weighted by atomic mass is 10.1. The van der Waals surface area contributed by atoms with Gasteiger partial charge in [-0.25, -0.2) is 9.59 Å². The van der Waals surface area contributed by atoms with Crippen molar-refractivity contribution in [2.75, 3.05) is 5.32 Å². The molecule has 104 valence electrons. The van der Waals surface area contributed by atoms with Gasteiger partial charge in [0.25, 0.3) is 0 Å². The molecule has 20 heavy (non-hydrogen) atoms. The summed E-state index contributed by atoms with van der Waals surface area (Å²) >= 11 is 0. The number of amides is 2. The first kappa shape index (κ1) is 13.5. The first-order chi connectivity index (χ1) is 9.58. The molecular weight excluding hydrogens is 264 g/mol. The Morgan fingerprint density at radius 2 is 2.20 bits per heavy atom. The van der Waals surface area contributed by atoms with Gasteiger partial charge in [0.15, 0.2) is 5.82 Å². The predicted molar refractivity (Wildman–Crippen MR) is 68.3 cm³/mol. The van der Waals surface area contributed by atoms with E-state index in [0.717, 1.165) is 6.39 Å². The van der Waals surface area contributed by atoms with Crippen molar-refractivity contribution in [3.05, 3.63) is 41.5 Å². The van der Waals surface area contributed by atoms with Gasteiger partial charge >= 0.3 is 12.0 Å². The number of carbonyl (C=O) groups excluding carboxylic acids is 1. The highest BCUT2D eigenvalue weighted by Crippen LogP contribution is 2.18. The molecule has 2 rings (SSSR count). The standard InChI is InChI=1S/C12H12N4O4/c1-7-8(11(17)18)3-2-4-9(7)15-12(19)13-5-10-14-6-20-16-10/h2-4,6H,5H2,1H3,(H,17,18)(H2,13,15,19). The fourth-order valence-electron chi connectivity index (χ4n) is 1.60. The zero-order valence-electron chi connectivity index (χ0n) is 10.6. The number of urea groups is 1. The van der Waals surface area contributed by atoms with Crippen molar-refractivity contribution < 1.29 is 19.2 Å². The second kappa shape index (κ2) is 5.83. The minimum atomic E-state index is -1.04. The summed E-state index contributed by atoms with van der Waals surface area (Å²) in [7, 11) is 0. The van der Waals surface area contributed by atoms with Gasteiger partial charge in [-0.05, 0) is 24.6 Å². The van der Waals surface area contributed by atoms with Crippen LogP contribution in [0.3, 0.4) is 0 Å². The first-order valence-electron chi connectivity index (χ1n) is 5.71. The van der Waals surface area contributed by atoms with Crippen molar-refractivity contribution >= 4 is 17.7 Å². The average molecular weight is 276 g/mol. The molecule has 1 aromatic carbocycles. The molecule has 0 saturated heterocycles. The number of anilines is 1. The van der Waals surface area contributed by atoms with Crippen LogP contribution in [-0.2, 0) is 6.54 Å². The van der Waals surface area contributed by atoms with E-state index in [0.29, 0.717) is 17.1 Å². The van der Waals surface area contributed by atoms with Crippen LogP contribution in [0.5, 0.6) is 0 Å². The van der Waals surface area contributed by atoms with Crippen LogP contribution in [0.25, 0.3) is 0 Å². The summed E-state index contributed by atoms with van der Waals surface area (Å²) in [6.45, 7) is 1.73. The molecule has 0 spiro atoms. The van der Waals surface area contributed by atoms with Crippen LogP contribution >= 0.6 is 0 Å². The molecule has 0 aliphatic rings. The molecule has 0 bridgehead atoms. The number of nitrogens with zero attached hydrogens (tertiary/aromatic N) is 2. The molecule has 0 aliphatic carbocycles. The zero-order valence-corrected chi connectivity index (χ0v) is 10.6. The van der Waals surface area contributed by atoms with Crippen molar-refractivity contribution in [1.82, 2.24) is 15.5 Å². The first-order valence-corrected chi connectivity index (χ1v) is 5.71. The maximum atomic E-state index is 11.7. The summed E-state index contributed by atoms with van der Waals surface area (Å²) in [6.07, 6.45) is 1.16. The lowest BCUT2D eigenvalue weighted by Crippen LogP contribution is -2.29. The number of nitrogens with one attached hydrogen (secondary N) is 2. The van der Waals surface area contributed by atoms with E-state index in [2.05, 4.69) is 25.3 Å². The number of aromatic nitrogens is 2. The molecule has 0 aliphatic heterocycles. The maximum absolute atomic E-state index is 11.7. The second-order valence-electron chi connectivity index (χ2n) is 3.94. The van der Waals surface area contributed by atoms with Crippen LogP contribution in [0.1, 0.15) is 21.7 Å². The molecule has 0 atom stereocenters. The minimum Gasteiger partial charge on any atom is -0.478 e. The summed E-state index contributed by atoms with van der Waals surface area (Å²) in [6, 6.07) is 4.17. The number of hydrogen-bond donors (Lipinski definition) is 3. The van der Waals surface area contributed by atoms with Crippen LogP contribution in [0.2, 0.25) is 0 Å². The fraction of sp³-hybridized carbons (Fsp3) is 0.167. The van der Waals surface area contributed by atoms with Gasteiger partial charge in [0.05, 0.1) is 12.1 Å². The third kappa shape index (κ3) is 3.10. The largest absolute Gasteiger partial charge is 0.478 e. The normalized spacial score (nSPS) is 10.1. The Labute approximate surface area is 113 Å². The highest BCUT2D eigenvalue weighted by Gasteiger charge is 2.12. The summed E-state index contributed by atoms with van der Waals surface area (Å²) in [4.78, 5) is 26.4. The van der Waals surface area contributed by atoms with Crippen LogP contribution < -0.4 is 10.6 Å². The third-order valence-corrected chi connectivity index (χ3v) is 2.63. The molecule has 1 heterocycles. The molecule has 0 radical (unpaired) electrons. The molecule has 0 fully saturated rings. The SMILES string of the molecule is Cc1c(NC(=O)NCc2ncon2)cccc1C(=O)O. The van der Waals surface area contributed by atoms with E-state index in [4.69, 9.17) is 5.11 Å². The third-order valence-electron chi connectivity index (χ3n) is 2.63. The number of aromatic carboxylic acids is 1. The van der Waals surface area contributed by atoms with E-state index in [9.17, 15) is 9.59 Å².